The number of aliphatic hydroxyl groups is 1. The molecule has 1 aromatic rings. The summed E-state index contributed by atoms with van der Waals surface area (Å²) < 4.78 is 14.4. The minimum Gasteiger partial charge on any atom is -0.388 e. The number of fused-ring (bicyclic) bond motifs is 1. The van der Waals surface area contributed by atoms with Crippen LogP contribution >= 0.6 is 0 Å². The molecule has 0 spiro atoms. The minimum atomic E-state index is -0.777. The molecule has 4 heteroatoms. The van der Waals surface area contributed by atoms with Gasteiger partial charge in [-0.25, -0.2) is 4.39 Å². The molecule has 3 rings (SSSR count). The first-order chi connectivity index (χ1) is 9.99. The molecule has 1 aliphatic heterocycles. The first-order valence-corrected chi connectivity index (χ1v) is 7.80. The first kappa shape index (κ1) is 14.5. The van der Waals surface area contributed by atoms with Crippen LogP contribution in [-0.2, 0) is 11.2 Å². The molecule has 2 aliphatic rings. The Bertz CT molecular complexity index is 564. The number of amides is 1. The zero-order chi connectivity index (χ0) is 15.0. The lowest BCUT2D eigenvalue weighted by atomic mass is 9.69. The van der Waals surface area contributed by atoms with E-state index in [-0.39, 0.29) is 11.3 Å². The van der Waals surface area contributed by atoms with Gasteiger partial charge in [0.1, 0.15) is 5.82 Å². The van der Waals surface area contributed by atoms with E-state index in [9.17, 15) is 14.3 Å². The average molecular weight is 291 g/mol. The molecule has 0 saturated heterocycles. The second-order valence-corrected chi connectivity index (χ2v) is 6.70. The maximum atomic E-state index is 14.4. The summed E-state index contributed by atoms with van der Waals surface area (Å²) in [7, 11) is 0. The molecule has 1 atom stereocenters. The van der Waals surface area contributed by atoms with Crippen LogP contribution in [0.25, 0.3) is 0 Å². The molecule has 1 saturated carbocycles. The van der Waals surface area contributed by atoms with Crippen molar-refractivity contribution >= 4 is 11.6 Å². The van der Waals surface area contributed by atoms with Crippen LogP contribution in [0.3, 0.4) is 0 Å². The van der Waals surface area contributed by atoms with E-state index in [1.807, 2.05) is 0 Å². The number of nitrogens with one attached hydrogen (secondary N) is 1. The lowest BCUT2D eigenvalue weighted by molar-refractivity contribution is -0.116. The third-order valence-corrected chi connectivity index (χ3v) is 5.07. The Labute approximate surface area is 124 Å². The molecule has 0 radical (unpaired) electrons. The number of carbonyl (C=O) groups excluding carboxylic acids is 1. The van der Waals surface area contributed by atoms with E-state index in [2.05, 4.69) is 12.2 Å². The quantitative estimate of drug-likeness (QED) is 0.872. The Kier molecular flexibility index (Phi) is 3.74. The number of rotatable bonds is 2. The number of benzene rings is 1. The molecule has 2 N–H and O–H groups in total. The molecule has 0 bridgehead atoms. The van der Waals surface area contributed by atoms with Gasteiger partial charge in [-0.15, -0.1) is 0 Å². The molecule has 21 heavy (non-hydrogen) atoms. The smallest absolute Gasteiger partial charge is 0.224 e. The Morgan fingerprint density at radius 3 is 2.67 bits per heavy atom. The lowest BCUT2D eigenvalue weighted by Gasteiger charge is -2.38. The van der Waals surface area contributed by atoms with Crippen molar-refractivity contribution in [3.63, 3.8) is 0 Å². The summed E-state index contributed by atoms with van der Waals surface area (Å²) in [5.41, 5.74) is 1.61. The van der Waals surface area contributed by atoms with Crippen LogP contribution in [0.5, 0.6) is 0 Å². The Morgan fingerprint density at radius 2 is 1.95 bits per heavy atom. The summed E-state index contributed by atoms with van der Waals surface area (Å²) in [4.78, 5) is 11.4. The van der Waals surface area contributed by atoms with E-state index in [1.165, 1.54) is 12.5 Å². The van der Waals surface area contributed by atoms with Gasteiger partial charge < -0.3 is 10.4 Å². The molecule has 1 amide bonds. The van der Waals surface area contributed by atoms with E-state index in [0.29, 0.717) is 24.1 Å². The van der Waals surface area contributed by atoms with Crippen LogP contribution in [0.2, 0.25) is 0 Å². The maximum absolute atomic E-state index is 14.4. The van der Waals surface area contributed by atoms with Crippen molar-refractivity contribution in [3.05, 3.63) is 29.1 Å². The van der Waals surface area contributed by atoms with Crippen LogP contribution in [0.1, 0.15) is 62.7 Å². The second-order valence-electron chi connectivity index (χ2n) is 6.70. The lowest BCUT2D eigenvalue weighted by Crippen LogP contribution is -2.29. The highest BCUT2D eigenvalue weighted by Gasteiger charge is 2.37. The van der Waals surface area contributed by atoms with Crippen LogP contribution in [0.15, 0.2) is 12.1 Å². The summed E-state index contributed by atoms with van der Waals surface area (Å²) in [5, 5.41) is 13.4. The Balaban J connectivity index is 1.93. The highest BCUT2D eigenvalue weighted by molar-refractivity contribution is 5.93. The first-order valence-electron chi connectivity index (χ1n) is 7.80. The summed E-state index contributed by atoms with van der Waals surface area (Å²) in [6.07, 6.45) is 5.50. The predicted molar refractivity (Wildman–Crippen MR) is 79.5 cm³/mol. The summed E-state index contributed by atoms with van der Waals surface area (Å²) in [5.74, 6) is -0.496. The summed E-state index contributed by atoms with van der Waals surface area (Å²) >= 11 is 0. The van der Waals surface area contributed by atoms with Gasteiger partial charge in [0, 0.05) is 17.7 Å². The molecular formula is C17H22FNO2. The minimum absolute atomic E-state index is 0.0746. The maximum Gasteiger partial charge on any atom is 0.224 e. The van der Waals surface area contributed by atoms with Crippen molar-refractivity contribution in [3.8, 4) is 0 Å². The van der Waals surface area contributed by atoms with Crippen molar-refractivity contribution < 1.29 is 14.3 Å². The van der Waals surface area contributed by atoms with Gasteiger partial charge in [-0.05, 0) is 42.4 Å². The van der Waals surface area contributed by atoms with Gasteiger partial charge in [0.15, 0.2) is 0 Å². The SMILES string of the molecule is CC1(C(O)c2cc3c(cc2F)NC(=O)CC3)CCCCC1. The van der Waals surface area contributed by atoms with Gasteiger partial charge in [-0.3, -0.25) is 4.79 Å². The Hall–Kier alpha value is -1.42. The third kappa shape index (κ3) is 2.69. The van der Waals surface area contributed by atoms with E-state index in [1.54, 1.807) is 6.07 Å². The number of halogens is 1. The van der Waals surface area contributed by atoms with Crippen molar-refractivity contribution in [2.75, 3.05) is 5.32 Å². The number of hydrogen-bond donors (Lipinski definition) is 2. The molecule has 114 valence electrons. The molecule has 1 aliphatic carbocycles. The summed E-state index contributed by atoms with van der Waals surface area (Å²) in [6, 6.07) is 3.10. The van der Waals surface area contributed by atoms with E-state index < -0.39 is 11.9 Å². The van der Waals surface area contributed by atoms with Crippen LogP contribution in [-0.4, -0.2) is 11.0 Å². The van der Waals surface area contributed by atoms with Crippen LogP contribution in [0.4, 0.5) is 10.1 Å². The molecule has 3 nitrogen and oxygen atoms in total. The fraction of sp³-hybridized carbons (Fsp3) is 0.588. The molecule has 1 heterocycles. The van der Waals surface area contributed by atoms with Gasteiger partial charge in [0.2, 0.25) is 5.91 Å². The fourth-order valence-corrected chi connectivity index (χ4v) is 3.64. The molecule has 0 aromatic heterocycles. The van der Waals surface area contributed by atoms with Crippen LogP contribution in [0, 0.1) is 11.2 Å². The fourth-order valence-electron chi connectivity index (χ4n) is 3.64. The van der Waals surface area contributed by atoms with E-state index in [0.717, 1.165) is 31.2 Å². The van der Waals surface area contributed by atoms with Gasteiger partial charge in [-0.1, -0.05) is 26.2 Å². The van der Waals surface area contributed by atoms with Gasteiger partial charge in [0.25, 0.3) is 0 Å². The van der Waals surface area contributed by atoms with E-state index in [4.69, 9.17) is 0 Å². The standard InChI is InChI=1S/C17H22FNO2/c1-17(7-3-2-4-8-17)16(21)12-9-11-5-6-15(20)19-14(11)10-13(12)18/h9-10,16,21H,2-8H2,1H3,(H,19,20). The molecule has 1 aromatic carbocycles. The normalized spacial score (nSPS) is 22.3. The average Bonchev–Trinajstić information content (AvgIpc) is 2.46. The van der Waals surface area contributed by atoms with Crippen LogP contribution < -0.4 is 5.32 Å². The zero-order valence-electron chi connectivity index (χ0n) is 12.4. The zero-order valence-corrected chi connectivity index (χ0v) is 12.4. The third-order valence-electron chi connectivity index (χ3n) is 5.07. The number of aryl methyl sites for hydroxylation is 1. The molecular weight excluding hydrogens is 269 g/mol. The summed E-state index contributed by atoms with van der Waals surface area (Å²) in [6.45, 7) is 2.05. The highest BCUT2D eigenvalue weighted by Crippen LogP contribution is 2.46. The van der Waals surface area contributed by atoms with Gasteiger partial charge in [0.05, 0.1) is 6.10 Å². The van der Waals surface area contributed by atoms with Gasteiger partial charge in [-0.2, -0.15) is 0 Å². The number of hydrogen-bond acceptors (Lipinski definition) is 2. The largest absolute Gasteiger partial charge is 0.388 e. The number of carbonyl (C=O) groups is 1. The van der Waals surface area contributed by atoms with Crippen molar-refractivity contribution in [1.82, 2.24) is 0 Å². The van der Waals surface area contributed by atoms with Crippen molar-refractivity contribution in [2.24, 2.45) is 5.41 Å². The topological polar surface area (TPSA) is 49.3 Å². The molecule has 1 unspecified atom stereocenters. The Morgan fingerprint density at radius 1 is 1.24 bits per heavy atom. The number of anilines is 1. The number of aliphatic hydroxyl groups excluding tert-OH is 1. The highest BCUT2D eigenvalue weighted by atomic mass is 19.1. The van der Waals surface area contributed by atoms with Crippen molar-refractivity contribution in [1.29, 1.82) is 0 Å². The van der Waals surface area contributed by atoms with E-state index >= 15 is 0 Å². The molecule has 1 fully saturated rings. The van der Waals surface area contributed by atoms with Gasteiger partial charge >= 0.3 is 0 Å². The monoisotopic (exact) mass is 291 g/mol. The van der Waals surface area contributed by atoms with Crippen molar-refractivity contribution in [2.45, 2.75) is 58.0 Å². The second kappa shape index (κ2) is 5.41. The predicted octanol–water partition coefficient (Wildman–Crippen LogP) is 3.71.